The van der Waals surface area contributed by atoms with Gasteiger partial charge < -0.3 is 12.4 Å². The van der Waals surface area contributed by atoms with Crippen LogP contribution in [0.3, 0.4) is 0 Å². The molecule has 1 nitrogen and oxygen atoms in total. The van der Waals surface area contributed by atoms with E-state index in [9.17, 15) is 0 Å². The molecule has 1 aliphatic rings. The summed E-state index contributed by atoms with van der Waals surface area (Å²) in [5.41, 5.74) is 0.998. The molecule has 5 heteroatoms. The van der Waals surface area contributed by atoms with Crippen LogP contribution < -0.4 is 0 Å². The second-order valence-corrected chi connectivity index (χ2v) is 10.1. The molecule has 0 aromatic rings. The Morgan fingerprint density at radius 3 is 1.86 bits per heavy atom. The van der Waals surface area contributed by atoms with Gasteiger partial charge in [-0.2, -0.15) is 7.05 Å². The molecule has 0 amide bonds. The molecule has 14 heavy (non-hydrogen) atoms. The molecule has 0 aliphatic heterocycles. The third-order valence-corrected chi connectivity index (χ3v) is 6.66. The SMILES string of the molecule is C[N-][Si](C)(C)C1CCCC1.[CH3-].[Cl][Ni+2][Cl]. The third-order valence-electron chi connectivity index (χ3n) is 2.93. The van der Waals surface area contributed by atoms with Crippen LogP contribution in [-0.4, -0.2) is 15.3 Å². The maximum atomic E-state index is 4.70. The molecule has 0 saturated heterocycles. The van der Waals surface area contributed by atoms with Gasteiger partial charge in [-0.3, -0.25) is 0 Å². The fourth-order valence-corrected chi connectivity index (χ4v) is 4.00. The molecular formula is C9H21Cl2NNiSi. The molecule has 0 unspecified atom stereocenters. The van der Waals surface area contributed by atoms with Crippen LogP contribution >= 0.6 is 20.4 Å². The summed E-state index contributed by atoms with van der Waals surface area (Å²) in [6, 6.07) is 0. The number of rotatable bonds is 2. The van der Waals surface area contributed by atoms with E-state index in [-0.39, 0.29) is 7.43 Å². The van der Waals surface area contributed by atoms with E-state index in [1.165, 1.54) is 25.7 Å². The van der Waals surface area contributed by atoms with Crippen LogP contribution in [0.5, 0.6) is 0 Å². The molecule has 1 saturated carbocycles. The Bertz CT molecular complexity index is 130. The monoisotopic (exact) mass is 299 g/mol. The van der Waals surface area contributed by atoms with Crippen LogP contribution in [0.2, 0.25) is 18.6 Å². The molecule has 0 radical (unpaired) electrons. The summed E-state index contributed by atoms with van der Waals surface area (Å²) in [5, 5.41) is 0. The van der Waals surface area contributed by atoms with Crippen molar-refractivity contribution in [2.75, 3.05) is 7.05 Å². The molecule has 1 aliphatic carbocycles. The van der Waals surface area contributed by atoms with Crippen molar-refractivity contribution in [3.05, 3.63) is 12.4 Å². The van der Waals surface area contributed by atoms with E-state index in [0.29, 0.717) is 12.7 Å². The summed E-state index contributed by atoms with van der Waals surface area (Å²) in [6.45, 7) is 4.78. The first-order valence-corrected chi connectivity index (χ1v) is 10.3. The topological polar surface area (TPSA) is 14.1 Å². The molecule has 0 aromatic heterocycles. The second-order valence-electron chi connectivity index (χ2n) is 3.90. The summed E-state index contributed by atoms with van der Waals surface area (Å²) in [6.07, 6.45) is 5.82. The van der Waals surface area contributed by atoms with Gasteiger partial charge in [0.1, 0.15) is 0 Å². The van der Waals surface area contributed by atoms with Gasteiger partial charge in [0.2, 0.25) is 0 Å². The summed E-state index contributed by atoms with van der Waals surface area (Å²) in [4.78, 5) is 4.54. The van der Waals surface area contributed by atoms with E-state index < -0.39 is 8.24 Å². The van der Waals surface area contributed by atoms with Crippen LogP contribution in [-0.2, 0) is 12.7 Å². The van der Waals surface area contributed by atoms with Crippen molar-refractivity contribution in [2.45, 2.75) is 44.3 Å². The molecule has 0 aromatic carbocycles. The van der Waals surface area contributed by atoms with Crippen LogP contribution in [0, 0.1) is 7.43 Å². The summed E-state index contributed by atoms with van der Waals surface area (Å²) < 4.78 is 0. The number of hydrogen-bond acceptors (Lipinski definition) is 0. The van der Waals surface area contributed by atoms with Gasteiger partial charge in [-0.15, -0.1) is 0 Å². The predicted molar refractivity (Wildman–Crippen MR) is 67.1 cm³/mol. The first-order valence-electron chi connectivity index (χ1n) is 4.52. The Hall–Kier alpha value is 1.25. The van der Waals surface area contributed by atoms with Gasteiger partial charge in [-0.25, -0.2) is 0 Å². The van der Waals surface area contributed by atoms with Crippen molar-refractivity contribution in [3.63, 3.8) is 0 Å². The Balaban J connectivity index is 0. The molecule has 1 fully saturated rings. The Morgan fingerprint density at radius 2 is 1.57 bits per heavy atom. The third kappa shape index (κ3) is 6.68. The second kappa shape index (κ2) is 9.47. The summed E-state index contributed by atoms with van der Waals surface area (Å²) in [5.74, 6) is 0. The van der Waals surface area contributed by atoms with E-state index >= 15 is 0 Å². The Morgan fingerprint density at radius 1 is 1.21 bits per heavy atom. The molecule has 0 spiro atoms. The van der Waals surface area contributed by atoms with Crippen LogP contribution in [0.4, 0.5) is 0 Å². The number of nitrogens with zero attached hydrogens (tertiary/aromatic N) is 1. The maximum absolute atomic E-state index is 4.70. The van der Waals surface area contributed by atoms with E-state index in [1.54, 1.807) is 0 Å². The van der Waals surface area contributed by atoms with Crippen molar-refractivity contribution in [1.29, 1.82) is 0 Å². The van der Waals surface area contributed by atoms with Crippen LogP contribution in [0.15, 0.2) is 0 Å². The Labute approximate surface area is 105 Å². The zero-order chi connectivity index (χ0) is 10.3. The zero-order valence-electron chi connectivity index (χ0n) is 9.43. The van der Waals surface area contributed by atoms with E-state index in [0.717, 1.165) is 5.54 Å². The molecule has 0 N–H and O–H groups in total. The molecule has 1 rings (SSSR count). The fraction of sp³-hybridized carbons (Fsp3) is 0.889. The molecule has 90 valence electrons. The molecular weight excluding hydrogens is 280 g/mol. The van der Waals surface area contributed by atoms with E-state index in [1.807, 2.05) is 7.05 Å². The molecule has 0 heterocycles. The molecule has 0 bridgehead atoms. The fourth-order valence-electron chi connectivity index (χ4n) is 1.81. The van der Waals surface area contributed by atoms with Gasteiger partial charge in [0, 0.05) is 0 Å². The van der Waals surface area contributed by atoms with Crippen molar-refractivity contribution in [1.82, 2.24) is 0 Å². The minimum absolute atomic E-state index is 0. The van der Waals surface area contributed by atoms with Crippen LogP contribution in [0.1, 0.15) is 25.7 Å². The van der Waals surface area contributed by atoms with Crippen molar-refractivity contribution < 1.29 is 12.7 Å². The number of hydrogen-bond donors (Lipinski definition) is 0. The zero-order valence-corrected chi connectivity index (χ0v) is 12.9. The minimum atomic E-state index is -1.12. The average Bonchev–Trinajstić information content (AvgIpc) is 2.58. The predicted octanol–water partition coefficient (Wildman–Crippen LogP) is 4.97. The van der Waals surface area contributed by atoms with Gasteiger partial charge in [-0.05, 0) is 0 Å². The summed E-state index contributed by atoms with van der Waals surface area (Å²) in [7, 11) is 10.3. The molecule has 0 atom stereocenters. The number of halogens is 2. The standard InChI is InChI=1S/C8H18NSi.CH3.2ClH.Ni/c1-9-10(2,3)8-6-4-5-7-8;;;;/h8H,4-7H2,1-3H3;1H3;2*1H;/q2*-1;;;+4/p-2. The van der Waals surface area contributed by atoms with Gasteiger partial charge in [-0.1, -0.05) is 52.6 Å². The normalized spacial score (nSPS) is 17.2. The first-order chi connectivity index (χ1) is 6.08. The average molecular weight is 301 g/mol. The Kier molecular flexibility index (Phi) is 11.9. The van der Waals surface area contributed by atoms with Gasteiger partial charge in [0.15, 0.2) is 0 Å². The van der Waals surface area contributed by atoms with Gasteiger partial charge >= 0.3 is 33.0 Å². The van der Waals surface area contributed by atoms with E-state index in [4.69, 9.17) is 20.4 Å². The van der Waals surface area contributed by atoms with Gasteiger partial charge in [0.25, 0.3) is 0 Å². The first kappa shape index (κ1) is 17.6. The van der Waals surface area contributed by atoms with Gasteiger partial charge in [0.05, 0.1) is 0 Å². The van der Waals surface area contributed by atoms with Crippen molar-refractivity contribution in [3.8, 4) is 0 Å². The van der Waals surface area contributed by atoms with Crippen molar-refractivity contribution >= 4 is 28.6 Å². The van der Waals surface area contributed by atoms with Crippen molar-refractivity contribution in [2.24, 2.45) is 0 Å². The van der Waals surface area contributed by atoms with E-state index in [2.05, 4.69) is 18.1 Å². The quantitative estimate of drug-likeness (QED) is 0.505. The summed E-state index contributed by atoms with van der Waals surface area (Å²) >= 11 is 0.569. The van der Waals surface area contributed by atoms with Crippen LogP contribution in [0.25, 0.3) is 4.98 Å².